The summed E-state index contributed by atoms with van der Waals surface area (Å²) < 4.78 is 8.65. The monoisotopic (exact) mass is 309 g/mol. The van der Waals surface area contributed by atoms with Crippen molar-refractivity contribution in [1.29, 1.82) is 0 Å². The van der Waals surface area contributed by atoms with Crippen molar-refractivity contribution in [2.24, 2.45) is 7.05 Å². The highest BCUT2D eigenvalue weighted by Crippen LogP contribution is 2.26. The summed E-state index contributed by atoms with van der Waals surface area (Å²) in [7, 11) is 3.89. The molecular weight excluding hydrogens is 294 g/mol. The molecule has 5 heteroatoms. The molecule has 4 nitrogen and oxygen atoms in total. The molecule has 2 rings (SSSR count). The van der Waals surface area contributed by atoms with E-state index in [0.29, 0.717) is 6.61 Å². The zero-order valence-corrected chi connectivity index (χ0v) is 12.1. The van der Waals surface area contributed by atoms with Crippen LogP contribution < -0.4 is 10.1 Å². The standard InChI is InChI=1S/C13H16BrN3O/c1-15-8-10-3-4-12(11(14)7-10)18-9-13-16-5-6-17(13)2/h3-7,15H,8-9H2,1-2H3. The average Bonchev–Trinajstić information content (AvgIpc) is 2.74. The molecule has 0 radical (unpaired) electrons. The van der Waals surface area contributed by atoms with Gasteiger partial charge in [-0.1, -0.05) is 6.07 Å². The minimum Gasteiger partial charge on any atom is -0.485 e. The minimum atomic E-state index is 0.466. The zero-order valence-electron chi connectivity index (χ0n) is 10.5. The van der Waals surface area contributed by atoms with Gasteiger partial charge in [-0.25, -0.2) is 4.98 Å². The van der Waals surface area contributed by atoms with Gasteiger partial charge in [0.15, 0.2) is 0 Å². The van der Waals surface area contributed by atoms with Gasteiger partial charge in [0.1, 0.15) is 18.2 Å². The summed E-state index contributed by atoms with van der Waals surface area (Å²) in [5, 5.41) is 3.12. The maximum absolute atomic E-state index is 5.74. The number of nitrogens with one attached hydrogen (secondary N) is 1. The van der Waals surface area contributed by atoms with Crippen molar-refractivity contribution in [3.8, 4) is 5.75 Å². The lowest BCUT2D eigenvalue weighted by molar-refractivity contribution is 0.290. The van der Waals surface area contributed by atoms with E-state index in [-0.39, 0.29) is 0 Å². The molecule has 0 amide bonds. The molecule has 0 aliphatic heterocycles. The summed E-state index contributed by atoms with van der Waals surface area (Å²) in [4.78, 5) is 4.22. The Morgan fingerprint density at radius 3 is 2.89 bits per heavy atom. The van der Waals surface area contributed by atoms with Crippen LogP contribution in [0, 0.1) is 0 Å². The molecule has 1 aromatic carbocycles. The summed E-state index contributed by atoms with van der Waals surface area (Å²) in [6, 6.07) is 6.08. The molecule has 2 aromatic rings. The van der Waals surface area contributed by atoms with E-state index >= 15 is 0 Å². The lowest BCUT2D eigenvalue weighted by atomic mass is 10.2. The van der Waals surface area contributed by atoms with Gasteiger partial charge >= 0.3 is 0 Å². The van der Waals surface area contributed by atoms with Crippen molar-refractivity contribution in [1.82, 2.24) is 14.9 Å². The normalized spacial score (nSPS) is 10.6. The first-order valence-electron chi connectivity index (χ1n) is 5.72. The van der Waals surface area contributed by atoms with Gasteiger partial charge in [0.05, 0.1) is 4.47 Å². The molecule has 0 spiro atoms. The number of aromatic nitrogens is 2. The minimum absolute atomic E-state index is 0.466. The second-order valence-corrected chi connectivity index (χ2v) is 4.89. The summed E-state index contributed by atoms with van der Waals surface area (Å²) in [6.07, 6.45) is 3.67. The Kier molecular flexibility index (Phi) is 4.38. The number of benzene rings is 1. The van der Waals surface area contributed by atoms with E-state index in [2.05, 4.69) is 38.4 Å². The molecule has 0 saturated heterocycles. The van der Waals surface area contributed by atoms with E-state index in [1.54, 1.807) is 6.20 Å². The second kappa shape index (κ2) is 6.02. The van der Waals surface area contributed by atoms with Gasteiger partial charge < -0.3 is 14.6 Å². The van der Waals surface area contributed by atoms with Crippen LogP contribution >= 0.6 is 15.9 Å². The topological polar surface area (TPSA) is 39.1 Å². The molecule has 1 aromatic heterocycles. The van der Waals surface area contributed by atoms with Crippen LogP contribution in [-0.4, -0.2) is 16.6 Å². The summed E-state index contributed by atoms with van der Waals surface area (Å²) in [5.74, 6) is 1.74. The Bertz CT molecular complexity index is 525. The molecule has 18 heavy (non-hydrogen) atoms. The molecule has 1 N–H and O–H groups in total. The molecule has 0 fully saturated rings. The van der Waals surface area contributed by atoms with E-state index in [9.17, 15) is 0 Å². The molecule has 0 atom stereocenters. The van der Waals surface area contributed by atoms with Gasteiger partial charge in [0.25, 0.3) is 0 Å². The van der Waals surface area contributed by atoms with E-state index < -0.39 is 0 Å². The molecule has 0 bridgehead atoms. The van der Waals surface area contributed by atoms with Crippen LogP contribution in [0.1, 0.15) is 11.4 Å². The Morgan fingerprint density at radius 1 is 1.44 bits per heavy atom. The molecule has 1 heterocycles. The lowest BCUT2D eigenvalue weighted by Crippen LogP contribution is -2.06. The van der Waals surface area contributed by atoms with E-state index in [1.807, 2.05) is 30.9 Å². The van der Waals surface area contributed by atoms with Gasteiger partial charge in [-0.15, -0.1) is 0 Å². The molecule has 96 valence electrons. The van der Waals surface area contributed by atoms with Gasteiger partial charge in [-0.05, 0) is 40.7 Å². The number of nitrogens with zero attached hydrogens (tertiary/aromatic N) is 2. The Balaban J connectivity index is 2.03. The Hall–Kier alpha value is -1.33. The number of hydrogen-bond acceptors (Lipinski definition) is 3. The van der Waals surface area contributed by atoms with Gasteiger partial charge in [0, 0.05) is 26.0 Å². The summed E-state index contributed by atoms with van der Waals surface area (Å²) >= 11 is 3.52. The first-order chi connectivity index (χ1) is 8.70. The first kappa shape index (κ1) is 13.1. The highest BCUT2D eigenvalue weighted by atomic mass is 79.9. The maximum atomic E-state index is 5.74. The Morgan fingerprint density at radius 2 is 2.28 bits per heavy atom. The van der Waals surface area contributed by atoms with E-state index in [1.165, 1.54) is 5.56 Å². The van der Waals surface area contributed by atoms with Gasteiger partial charge in [-0.3, -0.25) is 0 Å². The number of hydrogen-bond donors (Lipinski definition) is 1. The first-order valence-corrected chi connectivity index (χ1v) is 6.52. The Labute approximate surface area is 115 Å². The lowest BCUT2D eigenvalue weighted by Gasteiger charge is -2.09. The summed E-state index contributed by atoms with van der Waals surface area (Å²) in [5.41, 5.74) is 1.22. The molecule has 0 aliphatic rings. The van der Waals surface area contributed by atoms with Crippen molar-refractivity contribution in [3.63, 3.8) is 0 Å². The van der Waals surface area contributed by atoms with Gasteiger partial charge in [0.2, 0.25) is 0 Å². The fraction of sp³-hybridized carbons (Fsp3) is 0.308. The van der Waals surface area contributed by atoms with Crippen LogP contribution in [0.3, 0.4) is 0 Å². The number of halogens is 1. The number of ether oxygens (including phenoxy) is 1. The maximum Gasteiger partial charge on any atom is 0.146 e. The summed E-state index contributed by atoms with van der Waals surface area (Å²) in [6.45, 7) is 1.31. The quantitative estimate of drug-likeness (QED) is 0.922. The molecule has 0 saturated carbocycles. The van der Waals surface area contributed by atoms with E-state index in [4.69, 9.17) is 4.74 Å². The third-order valence-electron chi connectivity index (χ3n) is 2.65. The van der Waals surface area contributed by atoms with Crippen molar-refractivity contribution >= 4 is 15.9 Å². The number of rotatable bonds is 5. The highest BCUT2D eigenvalue weighted by molar-refractivity contribution is 9.10. The van der Waals surface area contributed by atoms with Crippen LogP contribution in [0.25, 0.3) is 0 Å². The number of imidazole rings is 1. The predicted octanol–water partition coefficient (Wildman–Crippen LogP) is 2.48. The fourth-order valence-electron chi connectivity index (χ4n) is 1.65. The van der Waals surface area contributed by atoms with Crippen LogP contribution in [0.2, 0.25) is 0 Å². The zero-order chi connectivity index (χ0) is 13.0. The van der Waals surface area contributed by atoms with Crippen molar-refractivity contribution in [2.45, 2.75) is 13.2 Å². The van der Waals surface area contributed by atoms with Crippen molar-refractivity contribution in [2.75, 3.05) is 7.05 Å². The highest BCUT2D eigenvalue weighted by Gasteiger charge is 2.05. The second-order valence-electron chi connectivity index (χ2n) is 4.04. The van der Waals surface area contributed by atoms with Crippen LogP contribution in [0.5, 0.6) is 5.75 Å². The largest absolute Gasteiger partial charge is 0.485 e. The SMILES string of the molecule is CNCc1ccc(OCc2nccn2C)c(Br)c1. The molecule has 0 unspecified atom stereocenters. The van der Waals surface area contributed by atoms with Gasteiger partial charge in [-0.2, -0.15) is 0 Å². The third-order valence-corrected chi connectivity index (χ3v) is 3.27. The van der Waals surface area contributed by atoms with Crippen LogP contribution in [0.4, 0.5) is 0 Å². The van der Waals surface area contributed by atoms with E-state index in [0.717, 1.165) is 22.6 Å². The van der Waals surface area contributed by atoms with Crippen LogP contribution in [0.15, 0.2) is 35.1 Å². The third kappa shape index (κ3) is 3.11. The van der Waals surface area contributed by atoms with Crippen molar-refractivity contribution < 1.29 is 4.74 Å². The van der Waals surface area contributed by atoms with Crippen molar-refractivity contribution in [3.05, 3.63) is 46.5 Å². The molecular formula is C13H16BrN3O. The average molecular weight is 310 g/mol. The fourth-order valence-corrected chi connectivity index (χ4v) is 2.19. The predicted molar refractivity (Wildman–Crippen MR) is 74.4 cm³/mol. The molecule has 0 aliphatic carbocycles. The van der Waals surface area contributed by atoms with Crippen LogP contribution in [-0.2, 0) is 20.2 Å². The smallest absolute Gasteiger partial charge is 0.146 e. The number of aryl methyl sites for hydroxylation is 1.